The summed E-state index contributed by atoms with van der Waals surface area (Å²) in [5.41, 5.74) is 0. The van der Waals surface area contributed by atoms with Crippen LogP contribution in [0.1, 0.15) is 60.8 Å². The fourth-order valence-corrected chi connectivity index (χ4v) is 2.17. The Hall–Kier alpha value is -0.0400. The van der Waals surface area contributed by atoms with E-state index in [1.54, 1.807) is 0 Å². The van der Waals surface area contributed by atoms with Gasteiger partial charge in [0.2, 0.25) is 0 Å². The number of rotatable bonds is 2. The molecule has 1 heteroatoms. The molecule has 1 aliphatic rings. The molecular formula is C13H29N. The smallest absolute Gasteiger partial charge is 0.00699 e. The molecule has 0 N–H and O–H groups in total. The van der Waals surface area contributed by atoms with Crippen LogP contribution in [0, 0.1) is 5.92 Å². The molecule has 0 radical (unpaired) electrons. The maximum Gasteiger partial charge on any atom is 0.00699 e. The van der Waals surface area contributed by atoms with Crippen LogP contribution in [0.4, 0.5) is 0 Å². The number of hydrogen-bond donors (Lipinski definition) is 0. The third kappa shape index (κ3) is 4.00. The number of likely N-dealkylation sites (tertiary alicyclic amines) is 1. The number of hydrogen-bond acceptors (Lipinski definition) is 1. The minimum absolute atomic E-state index is 0.780. The van der Waals surface area contributed by atoms with Crippen LogP contribution in [-0.4, -0.2) is 23.5 Å². The average molecular weight is 199 g/mol. The van der Waals surface area contributed by atoms with Gasteiger partial charge in [-0.1, -0.05) is 27.7 Å². The molecule has 0 aliphatic carbocycles. The van der Waals surface area contributed by atoms with Crippen LogP contribution in [0.2, 0.25) is 0 Å². The van der Waals surface area contributed by atoms with E-state index < -0.39 is 0 Å². The predicted molar refractivity (Wildman–Crippen MR) is 65.7 cm³/mol. The van der Waals surface area contributed by atoms with E-state index in [1.165, 1.54) is 25.8 Å². The minimum atomic E-state index is 0.780. The van der Waals surface area contributed by atoms with Gasteiger partial charge < -0.3 is 0 Å². The van der Waals surface area contributed by atoms with Crippen molar-refractivity contribution < 1.29 is 0 Å². The van der Waals surface area contributed by atoms with Crippen molar-refractivity contribution >= 4 is 0 Å². The Kier molecular flexibility index (Phi) is 7.26. The highest BCUT2D eigenvalue weighted by molar-refractivity contribution is 4.80. The standard InChI is InChI=1S/C11H23N.C2H6/c1-5-10(3)12-8-9(2)6-7-11(12)4;1-2/h9-11H,5-8H2,1-4H3;1-2H3/t9-,10?,11?;/m1./s1. The van der Waals surface area contributed by atoms with E-state index in [2.05, 4.69) is 32.6 Å². The highest BCUT2D eigenvalue weighted by Gasteiger charge is 2.25. The lowest BCUT2D eigenvalue weighted by Crippen LogP contribution is -2.45. The molecule has 1 aliphatic heterocycles. The second-order valence-electron chi connectivity index (χ2n) is 4.49. The van der Waals surface area contributed by atoms with Crippen molar-refractivity contribution in [3.63, 3.8) is 0 Å². The first-order chi connectivity index (χ1) is 6.65. The molecule has 1 rings (SSSR count). The summed E-state index contributed by atoms with van der Waals surface area (Å²) < 4.78 is 0. The Bertz CT molecular complexity index is 129. The predicted octanol–water partition coefficient (Wildman–Crippen LogP) is 3.93. The first-order valence-corrected chi connectivity index (χ1v) is 6.40. The zero-order valence-corrected chi connectivity index (χ0v) is 11.0. The largest absolute Gasteiger partial charge is 0.298 e. The molecule has 14 heavy (non-hydrogen) atoms. The summed E-state index contributed by atoms with van der Waals surface area (Å²) in [6.45, 7) is 14.7. The molecule has 0 aromatic rings. The SMILES string of the molecule is CC.CCC(C)N1C[C@H](C)CCC1C. The van der Waals surface area contributed by atoms with Crippen LogP contribution >= 0.6 is 0 Å². The maximum atomic E-state index is 2.67. The minimum Gasteiger partial charge on any atom is -0.298 e. The molecule has 0 aromatic carbocycles. The summed E-state index contributed by atoms with van der Waals surface area (Å²) >= 11 is 0. The normalized spacial score (nSPS) is 30.4. The molecule has 0 bridgehead atoms. The number of piperidine rings is 1. The Morgan fingerprint density at radius 2 is 1.79 bits per heavy atom. The van der Waals surface area contributed by atoms with E-state index in [-0.39, 0.29) is 0 Å². The summed E-state index contributed by atoms with van der Waals surface area (Å²) in [7, 11) is 0. The molecule has 1 nitrogen and oxygen atoms in total. The maximum absolute atomic E-state index is 2.67. The third-order valence-electron chi connectivity index (χ3n) is 3.32. The van der Waals surface area contributed by atoms with Crippen molar-refractivity contribution in [3.8, 4) is 0 Å². The molecule has 0 amide bonds. The van der Waals surface area contributed by atoms with Gasteiger partial charge in [-0.05, 0) is 39.0 Å². The molecule has 86 valence electrons. The van der Waals surface area contributed by atoms with E-state index >= 15 is 0 Å². The van der Waals surface area contributed by atoms with Crippen molar-refractivity contribution in [2.24, 2.45) is 5.92 Å². The van der Waals surface area contributed by atoms with E-state index in [1.807, 2.05) is 13.8 Å². The lowest BCUT2D eigenvalue weighted by molar-refractivity contribution is 0.0828. The quantitative estimate of drug-likeness (QED) is 0.651. The van der Waals surface area contributed by atoms with Crippen molar-refractivity contribution in [1.29, 1.82) is 0 Å². The fraction of sp³-hybridized carbons (Fsp3) is 1.00. The second-order valence-corrected chi connectivity index (χ2v) is 4.49. The molecule has 1 saturated heterocycles. The Labute approximate surface area is 90.9 Å². The monoisotopic (exact) mass is 199 g/mol. The van der Waals surface area contributed by atoms with Crippen LogP contribution in [0.5, 0.6) is 0 Å². The van der Waals surface area contributed by atoms with Crippen molar-refractivity contribution in [1.82, 2.24) is 4.90 Å². The average Bonchev–Trinajstić information content (AvgIpc) is 2.23. The second kappa shape index (κ2) is 7.28. The van der Waals surface area contributed by atoms with E-state index in [4.69, 9.17) is 0 Å². The van der Waals surface area contributed by atoms with Crippen molar-refractivity contribution in [3.05, 3.63) is 0 Å². The zero-order chi connectivity index (χ0) is 11.1. The summed E-state index contributed by atoms with van der Waals surface area (Å²) in [5, 5.41) is 0. The molecule has 3 atom stereocenters. The Morgan fingerprint density at radius 3 is 2.29 bits per heavy atom. The van der Waals surface area contributed by atoms with Gasteiger partial charge in [-0.2, -0.15) is 0 Å². The van der Waals surface area contributed by atoms with E-state index in [0.717, 1.165) is 18.0 Å². The topological polar surface area (TPSA) is 3.24 Å². The van der Waals surface area contributed by atoms with E-state index in [0.29, 0.717) is 0 Å². The number of nitrogens with zero attached hydrogens (tertiary/aromatic N) is 1. The van der Waals surface area contributed by atoms with Gasteiger partial charge in [-0.25, -0.2) is 0 Å². The Balaban J connectivity index is 0.000000791. The molecule has 1 fully saturated rings. The first-order valence-electron chi connectivity index (χ1n) is 6.40. The molecule has 0 aromatic heterocycles. The summed E-state index contributed by atoms with van der Waals surface area (Å²) in [5.74, 6) is 0.912. The van der Waals surface area contributed by atoms with Crippen molar-refractivity contribution in [2.45, 2.75) is 72.9 Å². The lowest BCUT2D eigenvalue weighted by Gasteiger charge is -2.40. The Morgan fingerprint density at radius 1 is 1.21 bits per heavy atom. The van der Waals surface area contributed by atoms with Gasteiger partial charge in [0.15, 0.2) is 0 Å². The van der Waals surface area contributed by atoms with Gasteiger partial charge in [0.1, 0.15) is 0 Å². The first kappa shape index (κ1) is 14.0. The highest BCUT2D eigenvalue weighted by atomic mass is 15.2. The van der Waals surface area contributed by atoms with Gasteiger partial charge in [-0.15, -0.1) is 0 Å². The van der Waals surface area contributed by atoms with Crippen molar-refractivity contribution in [2.75, 3.05) is 6.54 Å². The van der Waals surface area contributed by atoms with Crippen LogP contribution in [0.25, 0.3) is 0 Å². The van der Waals surface area contributed by atoms with Gasteiger partial charge in [0.25, 0.3) is 0 Å². The third-order valence-corrected chi connectivity index (χ3v) is 3.32. The van der Waals surface area contributed by atoms with Crippen LogP contribution < -0.4 is 0 Å². The molecule has 1 heterocycles. The molecule has 2 unspecified atom stereocenters. The van der Waals surface area contributed by atoms with Crippen LogP contribution in [-0.2, 0) is 0 Å². The van der Waals surface area contributed by atoms with Gasteiger partial charge >= 0.3 is 0 Å². The zero-order valence-electron chi connectivity index (χ0n) is 11.0. The lowest BCUT2D eigenvalue weighted by atomic mass is 9.93. The van der Waals surface area contributed by atoms with Gasteiger partial charge in [-0.3, -0.25) is 4.90 Å². The summed E-state index contributed by atoms with van der Waals surface area (Å²) in [4.78, 5) is 2.67. The van der Waals surface area contributed by atoms with Gasteiger partial charge in [0, 0.05) is 18.6 Å². The van der Waals surface area contributed by atoms with Crippen LogP contribution in [0.3, 0.4) is 0 Å². The summed E-state index contributed by atoms with van der Waals surface area (Å²) in [6, 6.07) is 1.60. The summed E-state index contributed by atoms with van der Waals surface area (Å²) in [6.07, 6.45) is 4.11. The molecule has 0 saturated carbocycles. The van der Waals surface area contributed by atoms with Crippen LogP contribution in [0.15, 0.2) is 0 Å². The molecular weight excluding hydrogens is 170 g/mol. The fourth-order valence-electron chi connectivity index (χ4n) is 2.17. The van der Waals surface area contributed by atoms with E-state index in [9.17, 15) is 0 Å². The van der Waals surface area contributed by atoms with Gasteiger partial charge in [0.05, 0.1) is 0 Å². The molecule has 0 spiro atoms. The highest BCUT2D eigenvalue weighted by Crippen LogP contribution is 2.23.